The maximum atomic E-state index is 5.97. The van der Waals surface area contributed by atoms with Crippen LogP contribution >= 0.6 is 0 Å². The molecule has 0 aliphatic carbocycles. The second kappa shape index (κ2) is 8.38. The van der Waals surface area contributed by atoms with E-state index in [1.54, 1.807) is 0 Å². The molecule has 0 aliphatic rings. The molecule has 4 nitrogen and oxygen atoms in total. The Morgan fingerprint density at radius 3 is 2.68 bits per heavy atom. The molecule has 0 unspecified atom stereocenters. The lowest BCUT2D eigenvalue weighted by molar-refractivity contribution is 0.844. The fourth-order valence-corrected chi connectivity index (χ4v) is 3.11. The summed E-state index contributed by atoms with van der Waals surface area (Å²) in [5.74, 6) is 0.519. The summed E-state index contributed by atoms with van der Waals surface area (Å²) >= 11 is 0. The number of nitrogens with two attached hydrogens (primary N) is 1. The van der Waals surface area contributed by atoms with Gasteiger partial charge in [0.1, 0.15) is 0 Å². The van der Waals surface area contributed by atoms with E-state index in [1.165, 1.54) is 27.6 Å². The largest absolute Gasteiger partial charge is 0.370 e. The molecule has 3 aromatic rings. The lowest BCUT2D eigenvalue weighted by Gasteiger charge is -2.06. The Balaban J connectivity index is 1.51. The molecular formula is C21H26N4. The second-order valence-corrected chi connectivity index (χ2v) is 6.19. The Labute approximate surface area is 149 Å². The average molecular weight is 334 g/mol. The molecule has 25 heavy (non-hydrogen) atoms. The van der Waals surface area contributed by atoms with Crippen molar-refractivity contribution >= 4 is 16.9 Å². The van der Waals surface area contributed by atoms with E-state index in [-0.39, 0.29) is 0 Å². The Kier molecular flexibility index (Phi) is 5.73. The van der Waals surface area contributed by atoms with Crippen LogP contribution in [0, 0.1) is 0 Å². The van der Waals surface area contributed by atoms with Gasteiger partial charge in [-0.15, -0.1) is 0 Å². The van der Waals surface area contributed by atoms with E-state index in [9.17, 15) is 0 Å². The zero-order valence-electron chi connectivity index (χ0n) is 14.8. The van der Waals surface area contributed by atoms with Gasteiger partial charge in [0, 0.05) is 30.2 Å². The number of aromatic nitrogens is 1. The fourth-order valence-electron chi connectivity index (χ4n) is 3.11. The maximum absolute atomic E-state index is 5.97. The molecule has 0 atom stereocenters. The highest BCUT2D eigenvalue weighted by Gasteiger charge is 2.06. The van der Waals surface area contributed by atoms with Crippen LogP contribution in [0.3, 0.4) is 0 Å². The number of rotatable bonds is 7. The summed E-state index contributed by atoms with van der Waals surface area (Å²) in [7, 11) is 0. The summed E-state index contributed by atoms with van der Waals surface area (Å²) in [6, 6.07) is 16.9. The highest BCUT2D eigenvalue weighted by atomic mass is 15.1. The van der Waals surface area contributed by atoms with E-state index in [4.69, 9.17) is 5.73 Å². The van der Waals surface area contributed by atoms with Crippen LogP contribution in [-0.4, -0.2) is 24.0 Å². The van der Waals surface area contributed by atoms with Gasteiger partial charge in [0.25, 0.3) is 0 Å². The van der Waals surface area contributed by atoms with E-state index in [2.05, 4.69) is 70.9 Å². The molecule has 0 bridgehead atoms. The maximum Gasteiger partial charge on any atom is 0.188 e. The van der Waals surface area contributed by atoms with E-state index < -0.39 is 0 Å². The number of aryl methyl sites for hydroxylation is 1. The van der Waals surface area contributed by atoms with Gasteiger partial charge in [-0.2, -0.15) is 0 Å². The van der Waals surface area contributed by atoms with E-state index in [0.29, 0.717) is 12.5 Å². The van der Waals surface area contributed by atoms with Crippen molar-refractivity contribution in [3.63, 3.8) is 0 Å². The van der Waals surface area contributed by atoms with Gasteiger partial charge in [-0.3, -0.25) is 4.99 Å². The van der Waals surface area contributed by atoms with Crippen LogP contribution in [0.1, 0.15) is 23.6 Å². The summed E-state index contributed by atoms with van der Waals surface area (Å²) in [6.07, 6.45) is 4.96. The van der Waals surface area contributed by atoms with Crippen molar-refractivity contribution in [1.29, 1.82) is 0 Å². The standard InChI is InChI=1S/C21H26N4/c1-2-17-9-6-10-19-18(15-25-20(17)19)12-14-24-21(22)23-13-11-16-7-4-3-5-8-16/h3-10,15,25H,2,11-14H2,1H3,(H3,22,23,24). The van der Waals surface area contributed by atoms with Crippen LogP contribution in [0.5, 0.6) is 0 Å². The van der Waals surface area contributed by atoms with E-state index in [0.717, 1.165) is 25.8 Å². The van der Waals surface area contributed by atoms with E-state index in [1.807, 2.05) is 6.07 Å². The normalized spacial score (nSPS) is 11.8. The summed E-state index contributed by atoms with van der Waals surface area (Å²) < 4.78 is 0. The summed E-state index contributed by atoms with van der Waals surface area (Å²) in [5.41, 5.74) is 11.2. The lowest BCUT2D eigenvalue weighted by Crippen LogP contribution is -2.33. The molecule has 1 aromatic heterocycles. The van der Waals surface area contributed by atoms with Crippen LogP contribution in [0.4, 0.5) is 0 Å². The van der Waals surface area contributed by atoms with Crippen LogP contribution in [-0.2, 0) is 19.3 Å². The van der Waals surface area contributed by atoms with Crippen LogP contribution in [0.15, 0.2) is 59.7 Å². The number of para-hydroxylation sites is 1. The molecule has 1 heterocycles. The molecule has 2 aromatic carbocycles. The number of benzene rings is 2. The van der Waals surface area contributed by atoms with Gasteiger partial charge >= 0.3 is 0 Å². The molecule has 0 amide bonds. The van der Waals surface area contributed by atoms with Gasteiger partial charge in [0.15, 0.2) is 5.96 Å². The number of hydrogen-bond donors (Lipinski definition) is 3. The molecule has 4 N–H and O–H groups in total. The topological polar surface area (TPSA) is 66.2 Å². The number of hydrogen-bond acceptors (Lipinski definition) is 1. The zero-order chi connectivity index (χ0) is 17.5. The first-order valence-electron chi connectivity index (χ1n) is 8.93. The molecule has 0 spiro atoms. The van der Waals surface area contributed by atoms with Crippen LogP contribution in [0.2, 0.25) is 0 Å². The minimum Gasteiger partial charge on any atom is -0.370 e. The third-order valence-corrected chi connectivity index (χ3v) is 4.49. The Morgan fingerprint density at radius 1 is 1.04 bits per heavy atom. The van der Waals surface area contributed by atoms with Gasteiger partial charge in [-0.25, -0.2) is 0 Å². The highest BCUT2D eigenvalue weighted by molar-refractivity contribution is 5.86. The summed E-state index contributed by atoms with van der Waals surface area (Å²) in [4.78, 5) is 7.85. The Bertz CT molecular complexity index is 833. The molecule has 0 radical (unpaired) electrons. The molecule has 0 aliphatic heterocycles. The average Bonchev–Trinajstić information content (AvgIpc) is 3.06. The third kappa shape index (κ3) is 4.41. The smallest absolute Gasteiger partial charge is 0.188 e. The zero-order valence-corrected chi connectivity index (χ0v) is 14.8. The summed E-state index contributed by atoms with van der Waals surface area (Å²) in [6.45, 7) is 3.67. The van der Waals surface area contributed by atoms with Gasteiger partial charge in [-0.1, -0.05) is 55.5 Å². The molecule has 4 heteroatoms. The Morgan fingerprint density at radius 2 is 1.88 bits per heavy atom. The number of aliphatic imine (C=N–C) groups is 1. The van der Waals surface area contributed by atoms with Crippen molar-refractivity contribution < 1.29 is 0 Å². The molecule has 0 saturated carbocycles. The van der Waals surface area contributed by atoms with Crippen molar-refractivity contribution in [3.8, 4) is 0 Å². The first kappa shape index (κ1) is 17.1. The van der Waals surface area contributed by atoms with Crippen LogP contribution in [0.25, 0.3) is 10.9 Å². The molecule has 0 saturated heterocycles. The van der Waals surface area contributed by atoms with Crippen molar-refractivity contribution in [2.75, 3.05) is 13.1 Å². The van der Waals surface area contributed by atoms with Crippen molar-refractivity contribution in [1.82, 2.24) is 10.3 Å². The lowest BCUT2D eigenvalue weighted by atomic mass is 10.1. The number of guanidine groups is 1. The molecule has 0 fully saturated rings. The summed E-state index contributed by atoms with van der Waals surface area (Å²) in [5, 5.41) is 4.48. The van der Waals surface area contributed by atoms with Gasteiger partial charge in [0.05, 0.1) is 0 Å². The Hall–Kier alpha value is -2.75. The number of fused-ring (bicyclic) bond motifs is 1. The number of H-pyrrole nitrogens is 1. The van der Waals surface area contributed by atoms with Gasteiger partial charge in [0.2, 0.25) is 0 Å². The first-order chi connectivity index (χ1) is 12.3. The predicted molar refractivity (Wildman–Crippen MR) is 106 cm³/mol. The van der Waals surface area contributed by atoms with Crippen molar-refractivity contribution in [3.05, 3.63) is 71.4 Å². The number of nitrogens with zero attached hydrogens (tertiary/aromatic N) is 1. The predicted octanol–water partition coefficient (Wildman–Crippen LogP) is 3.42. The number of nitrogens with one attached hydrogen (secondary N) is 2. The molecular weight excluding hydrogens is 308 g/mol. The van der Waals surface area contributed by atoms with Crippen LogP contribution < -0.4 is 11.1 Å². The monoisotopic (exact) mass is 334 g/mol. The van der Waals surface area contributed by atoms with E-state index >= 15 is 0 Å². The third-order valence-electron chi connectivity index (χ3n) is 4.49. The van der Waals surface area contributed by atoms with Gasteiger partial charge in [-0.05, 0) is 36.0 Å². The van der Waals surface area contributed by atoms with Crippen molar-refractivity contribution in [2.24, 2.45) is 10.7 Å². The second-order valence-electron chi connectivity index (χ2n) is 6.19. The van der Waals surface area contributed by atoms with Crippen molar-refractivity contribution in [2.45, 2.75) is 26.2 Å². The highest BCUT2D eigenvalue weighted by Crippen LogP contribution is 2.22. The number of aromatic amines is 1. The molecule has 130 valence electrons. The molecule has 3 rings (SSSR count). The quantitative estimate of drug-likeness (QED) is 0.458. The fraction of sp³-hybridized carbons (Fsp3) is 0.286. The minimum atomic E-state index is 0.519. The minimum absolute atomic E-state index is 0.519. The van der Waals surface area contributed by atoms with Gasteiger partial charge < -0.3 is 16.0 Å². The SMILES string of the molecule is CCc1cccc2c(CCN=C(N)NCCc3ccccc3)c[nH]c12. The first-order valence-corrected chi connectivity index (χ1v) is 8.93.